The maximum Gasteiger partial charge on any atom is 0.242 e. The molecule has 4 nitrogen and oxygen atoms in total. The number of hydrazine groups is 1. The first kappa shape index (κ1) is 17.0. The quantitative estimate of drug-likeness (QED) is 0.575. The second kappa shape index (κ2) is 7.11. The Morgan fingerprint density at radius 1 is 1.20 bits per heavy atom. The van der Waals surface area contributed by atoms with E-state index in [0.717, 1.165) is 5.56 Å². The standard InChI is InChI=1S/C13H17Cl2N3OS/c1-13(2,3)16-12(20)18-17-11(19)7-8-4-5-9(14)10(15)6-8/h4-6H,7H2,1-3H3,(H,17,19)(H2,16,18,20). The Kier molecular flexibility index (Phi) is 6.05. The summed E-state index contributed by atoms with van der Waals surface area (Å²) in [4.78, 5) is 11.7. The van der Waals surface area contributed by atoms with Gasteiger partial charge in [-0.2, -0.15) is 0 Å². The molecule has 0 aromatic heterocycles. The lowest BCUT2D eigenvalue weighted by Crippen LogP contribution is -2.52. The fourth-order valence-corrected chi connectivity index (χ4v) is 2.06. The van der Waals surface area contributed by atoms with Crippen molar-refractivity contribution in [2.75, 3.05) is 0 Å². The highest BCUT2D eigenvalue weighted by atomic mass is 35.5. The molecule has 0 unspecified atom stereocenters. The summed E-state index contributed by atoms with van der Waals surface area (Å²) in [5.74, 6) is -0.221. The van der Waals surface area contributed by atoms with Crippen molar-refractivity contribution in [1.29, 1.82) is 0 Å². The summed E-state index contributed by atoms with van der Waals surface area (Å²) in [6, 6.07) is 5.07. The van der Waals surface area contributed by atoms with Gasteiger partial charge < -0.3 is 5.32 Å². The lowest BCUT2D eigenvalue weighted by molar-refractivity contribution is -0.121. The molecule has 0 atom stereocenters. The molecular formula is C13H17Cl2N3OS. The van der Waals surface area contributed by atoms with Crippen LogP contribution in [0.5, 0.6) is 0 Å². The molecule has 0 bridgehead atoms. The average molecular weight is 334 g/mol. The van der Waals surface area contributed by atoms with Crippen LogP contribution in [0, 0.1) is 0 Å². The summed E-state index contributed by atoms with van der Waals surface area (Å²) < 4.78 is 0. The Morgan fingerprint density at radius 3 is 2.40 bits per heavy atom. The summed E-state index contributed by atoms with van der Waals surface area (Å²) in [5, 5.41) is 4.27. The zero-order valence-electron chi connectivity index (χ0n) is 11.5. The van der Waals surface area contributed by atoms with Gasteiger partial charge in [-0.15, -0.1) is 0 Å². The van der Waals surface area contributed by atoms with E-state index >= 15 is 0 Å². The maximum absolute atomic E-state index is 11.7. The molecule has 1 aromatic rings. The molecule has 20 heavy (non-hydrogen) atoms. The van der Waals surface area contributed by atoms with Crippen LogP contribution in [0.1, 0.15) is 26.3 Å². The van der Waals surface area contributed by atoms with E-state index in [0.29, 0.717) is 15.2 Å². The van der Waals surface area contributed by atoms with E-state index in [4.69, 9.17) is 35.4 Å². The summed E-state index contributed by atoms with van der Waals surface area (Å²) in [6.45, 7) is 5.91. The molecule has 0 aliphatic heterocycles. The number of carbonyl (C=O) groups is 1. The number of amides is 1. The van der Waals surface area contributed by atoms with Gasteiger partial charge in [0.1, 0.15) is 0 Å². The van der Waals surface area contributed by atoms with Gasteiger partial charge in [-0.3, -0.25) is 15.6 Å². The number of halogens is 2. The molecule has 1 aromatic carbocycles. The van der Waals surface area contributed by atoms with Crippen molar-refractivity contribution in [3.8, 4) is 0 Å². The largest absolute Gasteiger partial charge is 0.357 e. The number of thiocarbonyl (C=S) groups is 1. The van der Waals surface area contributed by atoms with Crippen LogP contribution in [0.4, 0.5) is 0 Å². The fourth-order valence-electron chi connectivity index (χ4n) is 1.38. The molecular weight excluding hydrogens is 317 g/mol. The van der Waals surface area contributed by atoms with E-state index in [9.17, 15) is 4.79 Å². The van der Waals surface area contributed by atoms with Crippen LogP contribution in [0.15, 0.2) is 18.2 Å². The van der Waals surface area contributed by atoms with Crippen molar-refractivity contribution in [1.82, 2.24) is 16.2 Å². The highest BCUT2D eigenvalue weighted by molar-refractivity contribution is 7.80. The normalized spacial score (nSPS) is 10.8. The van der Waals surface area contributed by atoms with Crippen LogP contribution in [-0.4, -0.2) is 16.6 Å². The lowest BCUT2D eigenvalue weighted by atomic mass is 10.1. The van der Waals surface area contributed by atoms with Gasteiger partial charge in [0.2, 0.25) is 5.91 Å². The second-order valence-corrected chi connectivity index (χ2v) is 6.53. The van der Waals surface area contributed by atoms with Gasteiger partial charge in [0.15, 0.2) is 5.11 Å². The van der Waals surface area contributed by atoms with Crippen LogP contribution in [0.25, 0.3) is 0 Å². The monoisotopic (exact) mass is 333 g/mol. The summed E-state index contributed by atoms with van der Waals surface area (Å²) in [7, 11) is 0. The van der Waals surface area contributed by atoms with E-state index in [1.165, 1.54) is 0 Å². The van der Waals surface area contributed by atoms with Crippen molar-refractivity contribution in [2.45, 2.75) is 32.7 Å². The molecule has 1 amide bonds. The molecule has 7 heteroatoms. The first-order chi connectivity index (χ1) is 9.17. The van der Waals surface area contributed by atoms with Crippen LogP contribution in [0.3, 0.4) is 0 Å². The Labute approximate surface area is 134 Å². The van der Waals surface area contributed by atoms with E-state index in [1.54, 1.807) is 18.2 Å². The number of hydrogen-bond acceptors (Lipinski definition) is 2. The lowest BCUT2D eigenvalue weighted by Gasteiger charge is -2.23. The third-order valence-corrected chi connectivity index (χ3v) is 3.10. The fraction of sp³-hybridized carbons (Fsp3) is 0.385. The minimum Gasteiger partial charge on any atom is -0.357 e. The molecule has 0 saturated heterocycles. The summed E-state index contributed by atoms with van der Waals surface area (Å²) in [6.07, 6.45) is 0.183. The first-order valence-electron chi connectivity index (χ1n) is 5.98. The maximum atomic E-state index is 11.7. The molecule has 0 aliphatic rings. The zero-order chi connectivity index (χ0) is 15.3. The molecule has 0 radical (unpaired) electrons. The number of carbonyl (C=O) groups excluding carboxylic acids is 1. The number of benzene rings is 1. The van der Waals surface area contributed by atoms with Gasteiger partial charge in [-0.1, -0.05) is 29.3 Å². The van der Waals surface area contributed by atoms with E-state index < -0.39 is 0 Å². The number of rotatable bonds is 2. The highest BCUT2D eigenvalue weighted by Gasteiger charge is 2.11. The number of nitrogens with one attached hydrogen (secondary N) is 3. The predicted molar refractivity (Wildman–Crippen MR) is 86.9 cm³/mol. The molecule has 0 spiro atoms. The Balaban J connectivity index is 2.44. The molecule has 0 aliphatic carbocycles. The molecule has 0 fully saturated rings. The zero-order valence-corrected chi connectivity index (χ0v) is 13.8. The van der Waals surface area contributed by atoms with Crippen LogP contribution >= 0.6 is 35.4 Å². The molecule has 3 N–H and O–H groups in total. The van der Waals surface area contributed by atoms with Crippen molar-refractivity contribution < 1.29 is 4.79 Å². The van der Waals surface area contributed by atoms with Crippen molar-refractivity contribution >= 4 is 46.4 Å². The Hall–Kier alpha value is -1.04. The van der Waals surface area contributed by atoms with Gasteiger partial charge in [0, 0.05) is 5.54 Å². The predicted octanol–water partition coefficient (Wildman–Crippen LogP) is 2.83. The van der Waals surface area contributed by atoms with Crippen LogP contribution in [-0.2, 0) is 11.2 Å². The smallest absolute Gasteiger partial charge is 0.242 e. The van der Waals surface area contributed by atoms with Crippen molar-refractivity contribution in [2.24, 2.45) is 0 Å². The molecule has 0 saturated carbocycles. The Bertz CT molecular complexity index is 515. The van der Waals surface area contributed by atoms with Gasteiger partial charge in [0.05, 0.1) is 16.5 Å². The van der Waals surface area contributed by atoms with Crippen molar-refractivity contribution in [3.05, 3.63) is 33.8 Å². The summed E-state index contributed by atoms with van der Waals surface area (Å²) in [5.41, 5.74) is 5.77. The third kappa shape index (κ3) is 6.41. The Morgan fingerprint density at radius 2 is 1.85 bits per heavy atom. The van der Waals surface area contributed by atoms with Gasteiger partial charge in [-0.25, -0.2) is 0 Å². The highest BCUT2D eigenvalue weighted by Crippen LogP contribution is 2.22. The summed E-state index contributed by atoms with van der Waals surface area (Å²) >= 11 is 16.7. The molecule has 1 rings (SSSR count). The minimum absolute atomic E-state index is 0.168. The average Bonchev–Trinajstić information content (AvgIpc) is 2.29. The SMILES string of the molecule is CC(C)(C)NC(=S)NNC(=O)Cc1ccc(Cl)c(Cl)c1. The van der Waals surface area contributed by atoms with Crippen LogP contribution < -0.4 is 16.2 Å². The van der Waals surface area contributed by atoms with Gasteiger partial charge in [-0.05, 0) is 50.7 Å². The second-order valence-electron chi connectivity index (χ2n) is 5.30. The van der Waals surface area contributed by atoms with E-state index in [1.807, 2.05) is 20.8 Å². The van der Waals surface area contributed by atoms with E-state index in [-0.39, 0.29) is 17.9 Å². The topological polar surface area (TPSA) is 53.2 Å². The van der Waals surface area contributed by atoms with E-state index in [2.05, 4.69) is 16.2 Å². The first-order valence-corrected chi connectivity index (χ1v) is 7.15. The minimum atomic E-state index is -0.221. The number of hydrogen-bond donors (Lipinski definition) is 3. The third-order valence-electron chi connectivity index (χ3n) is 2.15. The van der Waals surface area contributed by atoms with Crippen molar-refractivity contribution in [3.63, 3.8) is 0 Å². The molecule has 0 heterocycles. The van der Waals surface area contributed by atoms with Gasteiger partial charge >= 0.3 is 0 Å². The molecule has 110 valence electrons. The van der Waals surface area contributed by atoms with Gasteiger partial charge in [0.25, 0.3) is 0 Å². The van der Waals surface area contributed by atoms with Crippen LogP contribution in [0.2, 0.25) is 10.0 Å².